The molecule has 4 aliphatic rings. The number of nitrogens with zero attached hydrogens (tertiary/aromatic N) is 2. The van der Waals surface area contributed by atoms with Crippen molar-refractivity contribution in [1.29, 1.82) is 0 Å². The predicted octanol–water partition coefficient (Wildman–Crippen LogP) is 5.10. The van der Waals surface area contributed by atoms with Crippen molar-refractivity contribution in [3.05, 3.63) is 129 Å². The maximum Gasteiger partial charge on any atom is 0.245 e. The van der Waals surface area contributed by atoms with Crippen molar-refractivity contribution in [2.45, 2.75) is 81.7 Å². The van der Waals surface area contributed by atoms with Gasteiger partial charge in [0.2, 0.25) is 25.8 Å². The number of benzene rings is 5. The number of sulfonamides is 2. The van der Waals surface area contributed by atoms with Gasteiger partial charge in [-0.3, -0.25) is 24.1 Å². The fourth-order valence-electron chi connectivity index (χ4n) is 11.0. The Balaban J connectivity index is 0.000000196. The zero-order chi connectivity index (χ0) is 58.5. The van der Waals surface area contributed by atoms with Gasteiger partial charge in [0.25, 0.3) is 0 Å². The monoisotopic (exact) mass is 1170 g/mol. The van der Waals surface area contributed by atoms with E-state index in [0.717, 1.165) is 32.1 Å². The van der Waals surface area contributed by atoms with Gasteiger partial charge in [-0.1, -0.05) is 30.7 Å². The second-order valence-corrected chi connectivity index (χ2v) is 25.5. The first-order valence-electron chi connectivity index (χ1n) is 25.9. The molecule has 81 heavy (non-hydrogen) atoms. The molecular formula is C57H61N3O18S3. The van der Waals surface area contributed by atoms with E-state index in [1.54, 1.807) is 55.5 Å². The van der Waals surface area contributed by atoms with Crippen LogP contribution < -0.4 is 18.9 Å². The molecule has 2 aliphatic carbocycles. The second kappa shape index (κ2) is 23.2. The molecule has 0 saturated carbocycles. The Hall–Kier alpha value is -6.84. The van der Waals surface area contributed by atoms with E-state index in [9.17, 15) is 66.7 Å². The highest BCUT2D eigenvalue weighted by Gasteiger charge is 2.50. The number of phenolic OH excluding ortho intramolecular Hbond substituents is 3. The Morgan fingerprint density at radius 3 is 2.17 bits per heavy atom. The molecule has 24 heteroatoms. The summed E-state index contributed by atoms with van der Waals surface area (Å²) in [5.74, 6) is -3.25. The van der Waals surface area contributed by atoms with Crippen molar-refractivity contribution in [3.63, 3.8) is 0 Å². The number of aliphatic hydroxyl groups excluding tert-OH is 2. The molecule has 2 aliphatic heterocycles. The first-order chi connectivity index (χ1) is 38.3. The Morgan fingerprint density at radius 1 is 0.877 bits per heavy atom. The van der Waals surface area contributed by atoms with Crippen molar-refractivity contribution < 1.29 is 85.6 Å². The highest BCUT2D eigenvalue weighted by Crippen LogP contribution is 2.53. The lowest BCUT2D eigenvalue weighted by molar-refractivity contribution is -0.247. The summed E-state index contributed by atoms with van der Waals surface area (Å²) >= 11 is 1.31. The van der Waals surface area contributed by atoms with E-state index in [4.69, 9.17) is 24.7 Å². The topological polar surface area (TPSA) is 327 Å². The van der Waals surface area contributed by atoms with Crippen LogP contribution in [0.3, 0.4) is 0 Å². The molecule has 430 valence electrons. The SMILES string of the molecule is COc1cccc2c1C(=O)c1c(O)c3c(c(O)c1C2=O)C[C@@](O)(C(=O)CO)C[C@@H]3O[C@H]1C[C@H](N)[C@H](O)[C@H](C)O1.CS(=O)(=O)N(c1ccc(-c2sc3cc(O)ccc3c2C(=O)c2ccc(OCCN3CCCCC3)cc2)cc1)S(C)(=O)=O. The van der Waals surface area contributed by atoms with Gasteiger partial charge in [0.1, 0.15) is 47.6 Å². The molecule has 2 saturated heterocycles. The van der Waals surface area contributed by atoms with Crippen LogP contribution in [0.1, 0.15) is 104 Å². The fraction of sp³-hybridized carbons (Fsp3) is 0.368. The normalized spacial score (nSPS) is 22.0. The van der Waals surface area contributed by atoms with E-state index in [1.165, 1.54) is 74.1 Å². The molecule has 5 aromatic carbocycles. The minimum atomic E-state index is -4.10. The van der Waals surface area contributed by atoms with Crippen LogP contribution in [0.4, 0.5) is 5.69 Å². The van der Waals surface area contributed by atoms with Gasteiger partial charge in [0.05, 0.1) is 60.3 Å². The van der Waals surface area contributed by atoms with Crippen LogP contribution in [-0.2, 0) is 40.7 Å². The van der Waals surface area contributed by atoms with Crippen LogP contribution in [0.2, 0.25) is 0 Å². The summed E-state index contributed by atoms with van der Waals surface area (Å²) in [6.07, 6.45) is 0.247. The van der Waals surface area contributed by atoms with Gasteiger partial charge in [-0.2, -0.15) is 3.71 Å². The number of hydrogen-bond acceptors (Lipinski definition) is 21. The van der Waals surface area contributed by atoms with Crippen LogP contribution in [0.25, 0.3) is 20.5 Å². The molecule has 0 spiro atoms. The first kappa shape index (κ1) is 58.8. The Kier molecular flexibility index (Phi) is 16.8. The average molecular weight is 1170 g/mol. The molecule has 0 unspecified atom stereocenters. The Morgan fingerprint density at radius 2 is 1.54 bits per heavy atom. The molecule has 2 fully saturated rings. The number of ketones is 4. The summed E-state index contributed by atoms with van der Waals surface area (Å²) in [7, 11) is -6.87. The van der Waals surface area contributed by atoms with Crippen LogP contribution in [0.15, 0.2) is 84.9 Å². The van der Waals surface area contributed by atoms with Gasteiger partial charge in [0, 0.05) is 74.6 Å². The Bertz CT molecular complexity index is 3630. The van der Waals surface area contributed by atoms with E-state index in [1.807, 2.05) is 0 Å². The zero-order valence-electron chi connectivity index (χ0n) is 44.5. The van der Waals surface area contributed by atoms with Crippen molar-refractivity contribution in [1.82, 2.24) is 4.90 Å². The van der Waals surface area contributed by atoms with E-state index < -0.39 is 116 Å². The number of rotatable bonds is 15. The molecule has 10 rings (SSSR count). The standard InChI is InChI=1S/C30H32N2O7S3.C27H29NO11/c1-41(35,36)32(42(2,37)38)23-10-6-22(7-11-23)30-28(26-15-12-24(33)20-27(26)40-30)29(34)21-8-13-25(14-9-21)39-19-18-31-16-4-3-5-17-31;1-10-22(31)13(28)6-17(38-10)39-15-8-27(36,16(30)9-29)7-12-19(15)26(35)21-20(24(12)33)23(32)11-4-3-5-14(37-2)18(11)25(21)34/h6-15,20,33H,3-5,16-19H2,1-2H3;3-5,10,13,15,17,22,29,31,33,35-36H,6-9,28H2,1-2H3/t;10-,13-,15-,17-,22+,27-/m.0/s1. The number of aromatic hydroxyl groups is 3. The third-order valence-electron chi connectivity index (χ3n) is 14.9. The number of likely N-dealkylation sites (tertiary alicyclic amines) is 1. The minimum absolute atomic E-state index is 0.0173. The largest absolute Gasteiger partial charge is 0.508 e. The smallest absolute Gasteiger partial charge is 0.245 e. The van der Waals surface area contributed by atoms with Gasteiger partial charge >= 0.3 is 0 Å². The summed E-state index contributed by atoms with van der Waals surface area (Å²) in [5, 5.41) is 64.4. The average Bonchev–Trinajstić information content (AvgIpc) is 2.45. The van der Waals surface area contributed by atoms with Crippen molar-refractivity contribution in [3.8, 4) is 39.2 Å². The fourth-order valence-corrected chi connectivity index (χ4v) is 15.2. The summed E-state index contributed by atoms with van der Waals surface area (Å²) in [4.78, 5) is 56.6. The van der Waals surface area contributed by atoms with Crippen molar-refractivity contribution in [2.24, 2.45) is 5.73 Å². The van der Waals surface area contributed by atoms with Gasteiger partial charge in [-0.15, -0.1) is 11.3 Å². The molecule has 3 heterocycles. The Labute approximate surface area is 470 Å². The lowest BCUT2D eigenvalue weighted by Gasteiger charge is -2.42. The number of hydrogen-bond donors (Lipinski definition) is 7. The van der Waals surface area contributed by atoms with E-state index in [0.29, 0.717) is 47.7 Å². The number of piperidine rings is 1. The zero-order valence-corrected chi connectivity index (χ0v) is 47.0. The maximum atomic E-state index is 13.9. The van der Waals surface area contributed by atoms with Crippen LogP contribution in [0.5, 0.6) is 28.7 Å². The number of Topliss-reactive ketones (excluding diaryl/α,β-unsaturated/α-hetero) is 1. The molecule has 6 atom stereocenters. The maximum absolute atomic E-state index is 13.9. The van der Waals surface area contributed by atoms with Gasteiger partial charge in [-0.05, 0) is 99.1 Å². The number of thiophene rings is 1. The predicted molar refractivity (Wildman–Crippen MR) is 299 cm³/mol. The molecule has 0 bridgehead atoms. The second-order valence-electron chi connectivity index (χ2n) is 20.5. The molecular weight excluding hydrogens is 1110 g/mol. The van der Waals surface area contributed by atoms with E-state index >= 15 is 0 Å². The number of nitrogens with two attached hydrogens (primary N) is 1. The van der Waals surface area contributed by atoms with Gasteiger partial charge in [0.15, 0.2) is 23.6 Å². The number of fused-ring (bicyclic) bond motifs is 4. The molecule has 1 aromatic heterocycles. The number of carbonyl (C=O) groups excluding carboxylic acids is 4. The summed E-state index contributed by atoms with van der Waals surface area (Å²) < 4.78 is 72.8. The third kappa shape index (κ3) is 11.7. The van der Waals surface area contributed by atoms with E-state index in [2.05, 4.69) is 4.90 Å². The summed E-state index contributed by atoms with van der Waals surface area (Å²) in [6.45, 7) is 4.19. The third-order valence-corrected chi connectivity index (χ3v) is 19.3. The van der Waals surface area contributed by atoms with Crippen LogP contribution >= 0.6 is 11.3 Å². The first-order valence-corrected chi connectivity index (χ1v) is 30.4. The van der Waals surface area contributed by atoms with Crippen molar-refractivity contribution in [2.75, 3.05) is 56.2 Å². The van der Waals surface area contributed by atoms with Gasteiger partial charge in [-0.25, -0.2) is 16.8 Å². The summed E-state index contributed by atoms with van der Waals surface area (Å²) in [6, 6.07) is 21.4. The highest BCUT2D eigenvalue weighted by molar-refractivity contribution is 8.09. The number of methoxy groups -OCH3 is 1. The number of aliphatic hydroxyl groups is 3. The van der Waals surface area contributed by atoms with Gasteiger partial charge < -0.3 is 55.3 Å². The van der Waals surface area contributed by atoms with Crippen molar-refractivity contribution >= 4 is 70.3 Å². The van der Waals surface area contributed by atoms with E-state index in [-0.39, 0.29) is 51.6 Å². The molecule has 6 aromatic rings. The quantitative estimate of drug-likeness (QED) is 0.0519. The highest BCUT2D eigenvalue weighted by atomic mass is 32.3. The summed E-state index contributed by atoms with van der Waals surface area (Å²) in [5.41, 5.74) is 3.83. The molecule has 21 nitrogen and oxygen atoms in total. The van der Waals surface area contributed by atoms with Crippen LogP contribution in [-0.4, -0.2) is 158 Å². The van der Waals surface area contributed by atoms with Crippen LogP contribution in [0, 0.1) is 0 Å². The number of carbonyl (C=O) groups is 4. The number of phenols is 3. The molecule has 0 amide bonds. The number of anilines is 1. The number of ether oxygens (including phenoxy) is 4. The lowest BCUT2D eigenvalue weighted by Crippen LogP contribution is -2.53. The lowest BCUT2D eigenvalue weighted by atomic mass is 9.72. The minimum Gasteiger partial charge on any atom is -0.508 e. The molecule has 8 N–H and O–H groups in total. The molecule has 0 radical (unpaired) electrons.